The third kappa shape index (κ3) is 3.78. The van der Waals surface area contributed by atoms with E-state index in [1.807, 2.05) is 0 Å². The second-order valence-corrected chi connectivity index (χ2v) is 3.01. The van der Waals surface area contributed by atoms with Gasteiger partial charge in [0.05, 0.1) is 0 Å². The van der Waals surface area contributed by atoms with Crippen molar-refractivity contribution in [2.45, 2.75) is 10.7 Å². The van der Waals surface area contributed by atoms with E-state index < -0.39 is 5.76 Å². The number of halogens is 3. The average molecular weight is 212 g/mol. The minimum atomic E-state index is -2.36. The Labute approximate surface area is 79.7 Å². The van der Waals surface area contributed by atoms with E-state index in [9.17, 15) is 8.78 Å². The molecule has 0 spiro atoms. The summed E-state index contributed by atoms with van der Waals surface area (Å²) in [4.78, 5) is 0.536. The van der Waals surface area contributed by atoms with Gasteiger partial charge in [-0.15, -0.1) is 12.4 Å². The maximum atomic E-state index is 11.8. The van der Waals surface area contributed by atoms with E-state index in [1.165, 1.54) is 0 Å². The first-order valence-electron chi connectivity index (χ1n) is 2.99. The summed E-state index contributed by atoms with van der Waals surface area (Å²) < 4.78 is 23.5. The van der Waals surface area contributed by atoms with Crippen LogP contribution in [0.15, 0.2) is 29.2 Å². The van der Waals surface area contributed by atoms with Gasteiger partial charge in [-0.3, -0.25) is 0 Å². The lowest BCUT2D eigenvalue weighted by atomic mass is 10.3. The summed E-state index contributed by atoms with van der Waals surface area (Å²) in [5.41, 5.74) is 5.95. The van der Waals surface area contributed by atoms with Gasteiger partial charge in [0.1, 0.15) is 0 Å². The van der Waals surface area contributed by atoms with E-state index >= 15 is 0 Å². The summed E-state index contributed by atoms with van der Waals surface area (Å²) in [6.07, 6.45) is 0. The average Bonchev–Trinajstić information content (AvgIpc) is 1.93. The highest BCUT2D eigenvalue weighted by atomic mass is 35.5. The molecule has 2 N–H and O–H groups in total. The lowest BCUT2D eigenvalue weighted by molar-refractivity contribution is 0.252. The van der Waals surface area contributed by atoms with Crippen molar-refractivity contribution in [3.8, 4) is 0 Å². The number of thioether (sulfide) groups is 1. The van der Waals surface area contributed by atoms with Gasteiger partial charge in [-0.25, -0.2) is 0 Å². The molecule has 5 heteroatoms. The molecule has 0 atom stereocenters. The van der Waals surface area contributed by atoms with Crippen LogP contribution in [0.3, 0.4) is 0 Å². The summed E-state index contributed by atoms with van der Waals surface area (Å²) in [6.45, 7) is 0. The zero-order valence-corrected chi connectivity index (χ0v) is 7.67. The Morgan fingerprint density at radius 3 is 2.08 bits per heavy atom. The predicted molar refractivity (Wildman–Crippen MR) is 50.0 cm³/mol. The SMILES string of the molecule is Cl.Nc1ccc(SC(F)F)cc1. The van der Waals surface area contributed by atoms with E-state index in [2.05, 4.69) is 0 Å². The fraction of sp³-hybridized carbons (Fsp3) is 0.143. The number of hydrogen-bond donors (Lipinski definition) is 1. The van der Waals surface area contributed by atoms with Crippen molar-refractivity contribution in [1.82, 2.24) is 0 Å². The minimum Gasteiger partial charge on any atom is -0.399 e. The van der Waals surface area contributed by atoms with Crippen molar-refractivity contribution in [2.24, 2.45) is 0 Å². The third-order valence-electron chi connectivity index (χ3n) is 1.11. The Hall–Kier alpha value is -0.480. The highest BCUT2D eigenvalue weighted by Crippen LogP contribution is 2.25. The van der Waals surface area contributed by atoms with Gasteiger partial charge in [0.2, 0.25) is 0 Å². The van der Waals surface area contributed by atoms with E-state index in [0.29, 0.717) is 22.3 Å². The first kappa shape index (κ1) is 11.5. The maximum absolute atomic E-state index is 11.8. The highest BCUT2D eigenvalue weighted by Gasteiger charge is 2.03. The molecule has 1 aromatic carbocycles. The van der Waals surface area contributed by atoms with E-state index in [-0.39, 0.29) is 12.4 Å². The van der Waals surface area contributed by atoms with Crippen LogP contribution in [-0.4, -0.2) is 5.76 Å². The van der Waals surface area contributed by atoms with Crippen LogP contribution in [0, 0.1) is 0 Å². The number of nitrogens with two attached hydrogens (primary N) is 1. The van der Waals surface area contributed by atoms with Crippen molar-refractivity contribution in [3.05, 3.63) is 24.3 Å². The van der Waals surface area contributed by atoms with Gasteiger partial charge in [-0.2, -0.15) is 8.78 Å². The van der Waals surface area contributed by atoms with Crippen molar-refractivity contribution in [3.63, 3.8) is 0 Å². The molecule has 0 aliphatic heterocycles. The van der Waals surface area contributed by atoms with Crippen LogP contribution < -0.4 is 5.73 Å². The molecule has 0 fully saturated rings. The molecule has 0 unspecified atom stereocenters. The maximum Gasteiger partial charge on any atom is 0.288 e. The van der Waals surface area contributed by atoms with Gasteiger partial charge >= 0.3 is 0 Å². The molecule has 0 saturated heterocycles. The molecule has 1 rings (SSSR count). The van der Waals surface area contributed by atoms with Crippen LogP contribution in [0.25, 0.3) is 0 Å². The third-order valence-corrected chi connectivity index (χ3v) is 1.83. The Bertz CT molecular complexity index is 227. The van der Waals surface area contributed by atoms with E-state index in [0.717, 1.165) is 0 Å². The summed E-state index contributed by atoms with van der Waals surface area (Å²) in [5.74, 6) is -2.36. The van der Waals surface area contributed by atoms with Crippen molar-refractivity contribution in [2.75, 3.05) is 5.73 Å². The summed E-state index contributed by atoms with van der Waals surface area (Å²) in [6, 6.07) is 6.35. The van der Waals surface area contributed by atoms with Crippen LogP contribution in [0.2, 0.25) is 0 Å². The predicted octanol–water partition coefficient (Wildman–Crippen LogP) is 3.01. The largest absolute Gasteiger partial charge is 0.399 e. The Morgan fingerprint density at radius 2 is 1.67 bits per heavy atom. The molecule has 1 nitrogen and oxygen atoms in total. The van der Waals surface area contributed by atoms with E-state index in [1.54, 1.807) is 24.3 Å². The van der Waals surface area contributed by atoms with Crippen molar-refractivity contribution in [1.29, 1.82) is 0 Å². The minimum absolute atomic E-state index is 0. The molecule has 0 heterocycles. The Balaban J connectivity index is 0.00000121. The fourth-order valence-corrected chi connectivity index (χ4v) is 1.15. The first-order chi connectivity index (χ1) is 5.18. The molecular formula is C7H8ClF2NS. The zero-order chi connectivity index (χ0) is 8.27. The van der Waals surface area contributed by atoms with Gasteiger partial charge in [0.25, 0.3) is 5.76 Å². The van der Waals surface area contributed by atoms with Crippen LogP contribution in [0.1, 0.15) is 0 Å². The number of nitrogen functional groups attached to an aromatic ring is 1. The lowest BCUT2D eigenvalue weighted by Crippen LogP contribution is -1.84. The monoisotopic (exact) mass is 211 g/mol. The summed E-state index contributed by atoms with van der Waals surface area (Å²) >= 11 is 0.518. The number of anilines is 1. The van der Waals surface area contributed by atoms with Gasteiger partial charge in [-0.1, -0.05) is 11.8 Å². The van der Waals surface area contributed by atoms with Gasteiger partial charge < -0.3 is 5.73 Å². The molecule has 0 aliphatic rings. The topological polar surface area (TPSA) is 26.0 Å². The number of hydrogen-bond acceptors (Lipinski definition) is 2. The molecule has 0 aromatic heterocycles. The lowest BCUT2D eigenvalue weighted by Gasteiger charge is -1.98. The Morgan fingerprint density at radius 1 is 1.17 bits per heavy atom. The second kappa shape index (κ2) is 5.22. The molecule has 68 valence electrons. The standard InChI is InChI=1S/C7H7F2NS.ClH/c8-7(9)11-6-3-1-5(10)2-4-6;/h1-4,7H,10H2;1H. The quantitative estimate of drug-likeness (QED) is 0.601. The second-order valence-electron chi connectivity index (χ2n) is 1.95. The smallest absolute Gasteiger partial charge is 0.288 e. The molecule has 0 bridgehead atoms. The van der Waals surface area contributed by atoms with Crippen LogP contribution in [0.5, 0.6) is 0 Å². The number of benzene rings is 1. The number of alkyl halides is 2. The molecule has 0 amide bonds. The van der Waals surface area contributed by atoms with Crippen LogP contribution in [-0.2, 0) is 0 Å². The summed E-state index contributed by atoms with van der Waals surface area (Å²) in [7, 11) is 0. The molecular weight excluding hydrogens is 204 g/mol. The summed E-state index contributed by atoms with van der Waals surface area (Å²) in [5, 5.41) is 0. The molecule has 0 aliphatic carbocycles. The fourth-order valence-electron chi connectivity index (χ4n) is 0.649. The Kier molecular flexibility index (Phi) is 5.01. The van der Waals surface area contributed by atoms with Gasteiger partial charge in [0, 0.05) is 10.6 Å². The normalized spacial score (nSPS) is 9.58. The molecule has 1 aromatic rings. The van der Waals surface area contributed by atoms with Crippen LogP contribution in [0.4, 0.5) is 14.5 Å². The first-order valence-corrected chi connectivity index (χ1v) is 3.87. The van der Waals surface area contributed by atoms with Crippen molar-refractivity contribution >= 4 is 29.9 Å². The van der Waals surface area contributed by atoms with Gasteiger partial charge in [0.15, 0.2) is 0 Å². The molecule has 12 heavy (non-hydrogen) atoms. The molecule has 0 radical (unpaired) electrons. The van der Waals surface area contributed by atoms with Crippen molar-refractivity contribution < 1.29 is 8.78 Å². The molecule has 0 saturated carbocycles. The van der Waals surface area contributed by atoms with Gasteiger partial charge in [-0.05, 0) is 24.3 Å². The zero-order valence-electron chi connectivity index (χ0n) is 6.04. The van der Waals surface area contributed by atoms with Crippen LogP contribution >= 0.6 is 24.2 Å². The number of rotatable bonds is 2. The van der Waals surface area contributed by atoms with E-state index in [4.69, 9.17) is 5.73 Å². The highest BCUT2D eigenvalue weighted by molar-refractivity contribution is 7.99.